The minimum atomic E-state index is -0.0885. The van der Waals surface area contributed by atoms with Crippen molar-refractivity contribution in [3.05, 3.63) is 60.2 Å². The van der Waals surface area contributed by atoms with Crippen LogP contribution in [0.5, 0.6) is 5.75 Å². The van der Waals surface area contributed by atoms with Crippen molar-refractivity contribution in [2.75, 3.05) is 23.4 Å². The lowest BCUT2D eigenvalue weighted by atomic mass is 10.2. The number of ether oxygens (including phenoxy) is 1. The second-order valence-corrected chi connectivity index (χ2v) is 7.20. The molecule has 0 unspecified atom stereocenters. The van der Waals surface area contributed by atoms with Crippen molar-refractivity contribution in [1.29, 1.82) is 0 Å². The van der Waals surface area contributed by atoms with Crippen LogP contribution in [-0.4, -0.2) is 36.0 Å². The van der Waals surface area contributed by atoms with Gasteiger partial charge in [-0.15, -0.1) is 11.8 Å². The highest BCUT2D eigenvalue weighted by Crippen LogP contribution is 2.20. The number of carbonyl (C=O) groups excluding carboxylic acids is 2. The summed E-state index contributed by atoms with van der Waals surface area (Å²) in [6, 6.07) is 16.9. The second-order valence-electron chi connectivity index (χ2n) is 6.09. The van der Waals surface area contributed by atoms with E-state index in [9.17, 15) is 9.59 Å². The molecule has 2 aromatic carbocycles. The lowest BCUT2D eigenvalue weighted by Gasteiger charge is -2.08. The molecule has 1 fully saturated rings. The molecule has 0 aromatic heterocycles. The Bertz CT molecular complexity index is 748. The van der Waals surface area contributed by atoms with Crippen LogP contribution >= 0.6 is 11.8 Å². The maximum Gasteiger partial charge on any atom is 0.251 e. The fourth-order valence-corrected chi connectivity index (χ4v) is 2.93. The highest BCUT2D eigenvalue weighted by Gasteiger charge is 2.23. The average molecular weight is 370 g/mol. The Labute approximate surface area is 157 Å². The Kier molecular flexibility index (Phi) is 6.55. The van der Waals surface area contributed by atoms with E-state index in [2.05, 4.69) is 10.6 Å². The predicted molar refractivity (Wildman–Crippen MR) is 105 cm³/mol. The Balaban J connectivity index is 1.37. The number of amides is 2. The first-order valence-corrected chi connectivity index (χ1v) is 9.82. The summed E-state index contributed by atoms with van der Waals surface area (Å²) in [5.41, 5.74) is 1.21. The number of hydrogen-bond donors (Lipinski definition) is 2. The summed E-state index contributed by atoms with van der Waals surface area (Å²) < 4.78 is 5.59. The molecule has 5 nitrogen and oxygen atoms in total. The van der Waals surface area contributed by atoms with Gasteiger partial charge in [-0.3, -0.25) is 9.59 Å². The minimum absolute atomic E-state index is 0.0870. The summed E-state index contributed by atoms with van der Waals surface area (Å²) in [7, 11) is 0. The third kappa shape index (κ3) is 6.11. The van der Waals surface area contributed by atoms with E-state index < -0.39 is 0 Å². The Hall–Kier alpha value is -2.47. The van der Waals surface area contributed by atoms with Gasteiger partial charge in [-0.1, -0.05) is 24.3 Å². The van der Waals surface area contributed by atoms with Crippen LogP contribution in [0.2, 0.25) is 0 Å². The molecule has 26 heavy (non-hydrogen) atoms. The van der Waals surface area contributed by atoms with Crippen LogP contribution in [0.25, 0.3) is 0 Å². The SMILES string of the molecule is O=C(CSCCOc1ccccc1)Nc1cccc(C(=O)NC2CC2)c1. The molecule has 2 amide bonds. The fraction of sp³-hybridized carbons (Fsp3) is 0.300. The number of hydrogen-bond acceptors (Lipinski definition) is 4. The molecule has 6 heteroatoms. The van der Waals surface area contributed by atoms with Crippen molar-refractivity contribution in [3.8, 4) is 5.75 Å². The predicted octanol–water partition coefficient (Wildman–Crippen LogP) is 3.33. The lowest BCUT2D eigenvalue weighted by molar-refractivity contribution is -0.113. The number of thioether (sulfide) groups is 1. The van der Waals surface area contributed by atoms with E-state index in [0.29, 0.717) is 29.7 Å². The first-order valence-electron chi connectivity index (χ1n) is 8.67. The molecule has 0 radical (unpaired) electrons. The molecule has 1 saturated carbocycles. The quantitative estimate of drug-likeness (QED) is 0.665. The van der Waals surface area contributed by atoms with Gasteiger partial charge in [0.25, 0.3) is 5.91 Å². The Morgan fingerprint density at radius 1 is 1.08 bits per heavy atom. The highest BCUT2D eigenvalue weighted by atomic mass is 32.2. The van der Waals surface area contributed by atoms with Crippen molar-refractivity contribution >= 4 is 29.3 Å². The zero-order valence-corrected chi connectivity index (χ0v) is 15.3. The molecule has 3 rings (SSSR count). The molecule has 0 spiro atoms. The van der Waals surface area contributed by atoms with Crippen molar-refractivity contribution in [1.82, 2.24) is 5.32 Å². The van der Waals surface area contributed by atoms with Crippen LogP contribution in [0.1, 0.15) is 23.2 Å². The van der Waals surface area contributed by atoms with E-state index in [1.54, 1.807) is 24.3 Å². The molecule has 2 aromatic rings. The van der Waals surface area contributed by atoms with Crippen LogP contribution in [0.4, 0.5) is 5.69 Å². The maximum atomic E-state index is 12.1. The molecule has 1 aliphatic carbocycles. The van der Waals surface area contributed by atoms with Crippen LogP contribution in [0.15, 0.2) is 54.6 Å². The van der Waals surface area contributed by atoms with Gasteiger partial charge in [0.05, 0.1) is 12.4 Å². The zero-order valence-electron chi connectivity index (χ0n) is 14.4. The zero-order chi connectivity index (χ0) is 18.2. The first-order chi connectivity index (χ1) is 12.7. The number of benzene rings is 2. The normalized spacial score (nSPS) is 13.1. The van der Waals surface area contributed by atoms with Gasteiger partial charge in [0.1, 0.15) is 5.75 Å². The van der Waals surface area contributed by atoms with Crippen molar-refractivity contribution < 1.29 is 14.3 Å². The monoisotopic (exact) mass is 370 g/mol. The molecule has 0 aliphatic heterocycles. The molecular formula is C20H22N2O3S. The summed E-state index contributed by atoms with van der Waals surface area (Å²) in [6.45, 7) is 0.554. The molecule has 2 N–H and O–H groups in total. The van der Waals surface area contributed by atoms with Gasteiger partial charge in [-0.2, -0.15) is 0 Å². The van der Waals surface area contributed by atoms with Crippen molar-refractivity contribution in [2.24, 2.45) is 0 Å². The molecule has 0 bridgehead atoms. The van der Waals surface area contributed by atoms with Gasteiger partial charge in [0.15, 0.2) is 0 Å². The van der Waals surface area contributed by atoms with Gasteiger partial charge in [0, 0.05) is 23.0 Å². The summed E-state index contributed by atoms with van der Waals surface area (Å²) in [4.78, 5) is 24.1. The van der Waals surface area contributed by atoms with Gasteiger partial charge >= 0.3 is 0 Å². The summed E-state index contributed by atoms with van der Waals surface area (Å²) in [5, 5.41) is 5.78. The Morgan fingerprint density at radius 3 is 2.65 bits per heavy atom. The average Bonchev–Trinajstić information content (AvgIpc) is 3.46. The molecule has 0 heterocycles. The van der Waals surface area contributed by atoms with Crippen LogP contribution in [0, 0.1) is 0 Å². The molecule has 1 aliphatic rings. The standard InChI is InChI=1S/C20H22N2O3S/c23-19(14-26-12-11-25-18-7-2-1-3-8-18)21-17-6-4-5-15(13-17)20(24)22-16-9-10-16/h1-8,13,16H,9-12,14H2,(H,21,23)(H,22,24). The number of para-hydroxylation sites is 1. The molecule has 136 valence electrons. The first kappa shape index (κ1) is 18.3. The van der Waals surface area contributed by atoms with E-state index in [1.807, 2.05) is 30.3 Å². The van der Waals surface area contributed by atoms with Crippen molar-refractivity contribution in [2.45, 2.75) is 18.9 Å². The van der Waals surface area contributed by atoms with E-state index in [-0.39, 0.29) is 11.8 Å². The smallest absolute Gasteiger partial charge is 0.251 e. The minimum Gasteiger partial charge on any atom is -0.493 e. The third-order valence-electron chi connectivity index (χ3n) is 3.79. The number of anilines is 1. The van der Waals surface area contributed by atoms with Gasteiger partial charge in [-0.05, 0) is 43.2 Å². The molecule has 0 atom stereocenters. The topological polar surface area (TPSA) is 67.4 Å². The van der Waals surface area contributed by atoms with Crippen LogP contribution in [-0.2, 0) is 4.79 Å². The van der Waals surface area contributed by atoms with Gasteiger partial charge in [-0.25, -0.2) is 0 Å². The van der Waals surface area contributed by atoms with Crippen LogP contribution < -0.4 is 15.4 Å². The van der Waals surface area contributed by atoms with E-state index in [4.69, 9.17) is 4.74 Å². The van der Waals surface area contributed by atoms with E-state index >= 15 is 0 Å². The summed E-state index contributed by atoms with van der Waals surface area (Å²) in [5.74, 6) is 1.73. The lowest BCUT2D eigenvalue weighted by Crippen LogP contribution is -2.25. The fourth-order valence-electron chi connectivity index (χ4n) is 2.33. The number of rotatable bonds is 9. The third-order valence-corrected chi connectivity index (χ3v) is 4.72. The Morgan fingerprint density at radius 2 is 1.88 bits per heavy atom. The van der Waals surface area contributed by atoms with Crippen LogP contribution in [0.3, 0.4) is 0 Å². The molecular weight excluding hydrogens is 348 g/mol. The number of carbonyl (C=O) groups is 2. The largest absolute Gasteiger partial charge is 0.493 e. The summed E-state index contributed by atoms with van der Waals surface area (Å²) in [6.07, 6.45) is 2.10. The van der Waals surface area contributed by atoms with Gasteiger partial charge in [0.2, 0.25) is 5.91 Å². The summed E-state index contributed by atoms with van der Waals surface area (Å²) >= 11 is 1.51. The van der Waals surface area contributed by atoms with Gasteiger partial charge < -0.3 is 15.4 Å². The molecule has 0 saturated heterocycles. The maximum absolute atomic E-state index is 12.1. The van der Waals surface area contributed by atoms with E-state index in [0.717, 1.165) is 24.3 Å². The highest BCUT2D eigenvalue weighted by molar-refractivity contribution is 7.99. The second kappa shape index (κ2) is 9.29. The number of nitrogens with one attached hydrogen (secondary N) is 2. The van der Waals surface area contributed by atoms with E-state index in [1.165, 1.54) is 11.8 Å². The van der Waals surface area contributed by atoms with Crippen molar-refractivity contribution in [3.63, 3.8) is 0 Å².